The van der Waals surface area contributed by atoms with Crippen LogP contribution >= 0.6 is 11.6 Å². The second-order valence-corrected chi connectivity index (χ2v) is 8.18. The van der Waals surface area contributed by atoms with Crippen LogP contribution in [0.4, 0.5) is 4.79 Å². The second kappa shape index (κ2) is 9.44. The summed E-state index contributed by atoms with van der Waals surface area (Å²) in [5, 5.41) is 3.91. The number of carbonyl (C=O) groups excluding carboxylic acids is 1. The number of likely N-dealkylation sites (tertiary alicyclic amines) is 1. The van der Waals surface area contributed by atoms with Crippen molar-refractivity contribution in [3.63, 3.8) is 0 Å². The third-order valence-electron chi connectivity index (χ3n) is 5.61. The summed E-state index contributed by atoms with van der Waals surface area (Å²) in [5.41, 5.74) is 3.13. The molecule has 1 N–H and O–H groups in total. The molecule has 0 saturated carbocycles. The minimum atomic E-state index is -0.149. The summed E-state index contributed by atoms with van der Waals surface area (Å²) in [7, 11) is 2.14. The Morgan fingerprint density at radius 1 is 1.18 bits per heavy atom. The standard InChI is InChI=1S/C23H30ClN3O/c1-17-8-7-11-21(22(17)24)18(2)25-23(28)27(16-19-9-5-4-6-10-19)20-12-14-26(3)15-13-20/h4-11,18,20H,12-16H2,1-3H3,(H,25,28). The Kier molecular flexibility index (Phi) is 6.97. The van der Waals surface area contributed by atoms with Crippen molar-refractivity contribution in [1.29, 1.82) is 0 Å². The summed E-state index contributed by atoms with van der Waals surface area (Å²) in [6, 6.07) is 16.2. The predicted molar refractivity (Wildman–Crippen MR) is 116 cm³/mol. The van der Waals surface area contributed by atoms with Gasteiger partial charge in [0.25, 0.3) is 0 Å². The first-order chi connectivity index (χ1) is 13.5. The molecule has 5 heteroatoms. The van der Waals surface area contributed by atoms with Gasteiger partial charge in [0.1, 0.15) is 0 Å². The van der Waals surface area contributed by atoms with Gasteiger partial charge in [-0.2, -0.15) is 0 Å². The summed E-state index contributed by atoms with van der Waals surface area (Å²) >= 11 is 6.48. The van der Waals surface area contributed by atoms with Crippen molar-refractivity contribution in [2.45, 2.75) is 45.3 Å². The van der Waals surface area contributed by atoms with Crippen LogP contribution in [0.2, 0.25) is 5.02 Å². The predicted octanol–water partition coefficient (Wildman–Crippen LogP) is 5.02. The van der Waals surface area contributed by atoms with Crippen molar-refractivity contribution >= 4 is 17.6 Å². The van der Waals surface area contributed by atoms with Crippen LogP contribution in [0.25, 0.3) is 0 Å². The Bertz CT molecular complexity index is 788. The van der Waals surface area contributed by atoms with Crippen LogP contribution in [-0.4, -0.2) is 42.0 Å². The van der Waals surface area contributed by atoms with E-state index in [1.165, 1.54) is 0 Å². The minimum Gasteiger partial charge on any atom is -0.331 e. The van der Waals surface area contributed by atoms with Gasteiger partial charge in [-0.05, 0) is 63.5 Å². The van der Waals surface area contributed by atoms with Crippen molar-refractivity contribution < 1.29 is 4.79 Å². The van der Waals surface area contributed by atoms with Crippen LogP contribution in [0.3, 0.4) is 0 Å². The van der Waals surface area contributed by atoms with Gasteiger partial charge in [0.15, 0.2) is 0 Å². The Hall–Kier alpha value is -2.04. The lowest BCUT2D eigenvalue weighted by Gasteiger charge is -2.38. The lowest BCUT2D eigenvalue weighted by atomic mass is 10.0. The molecule has 1 heterocycles. The molecule has 1 fully saturated rings. The maximum absolute atomic E-state index is 13.3. The first-order valence-electron chi connectivity index (χ1n) is 10.0. The average Bonchev–Trinajstić information content (AvgIpc) is 2.69. The number of hydrogen-bond acceptors (Lipinski definition) is 2. The fourth-order valence-electron chi connectivity index (χ4n) is 3.80. The summed E-state index contributed by atoms with van der Waals surface area (Å²) in [6.07, 6.45) is 1.99. The molecule has 28 heavy (non-hydrogen) atoms. The van der Waals surface area contributed by atoms with Crippen LogP contribution in [0.1, 0.15) is 42.5 Å². The number of amides is 2. The highest BCUT2D eigenvalue weighted by molar-refractivity contribution is 6.32. The van der Waals surface area contributed by atoms with Gasteiger partial charge < -0.3 is 15.1 Å². The first kappa shape index (κ1) is 20.7. The highest BCUT2D eigenvalue weighted by Gasteiger charge is 2.28. The van der Waals surface area contributed by atoms with Gasteiger partial charge in [-0.15, -0.1) is 0 Å². The normalized spacial score (nSPS) is 16.6. The summed E-state index contributed by atoms with van der Waals surface area (Å²) in [5.74, 6) is 0. The number of urea groups is 1. The van der Waals surface area contributed by atoms with E-state index in [1.807, 2.05) is 55.1 Å². The molecule has 2 aromatic rings. The van der Waals surface area contributed by atoms with Gasteiger partial charge in [-0.3, -0.25) is 0 Å². The summed E-state index contributed by atoms with van der Waals surface area (Å²) in [6.45, 7) is 6.63. The van der Waals surface area contributed by atoms with E-state index in [-0.39, 0.29) is 18.1 Å². The Morgan fingerprint density at radius 3 is 2.54 bits per heavy atom. The van der Waals surface area contributed by atoms with Gasteiger partial charge in [-0.25, -0.2) is 4.79 Å². The highest BCUT2D eigenvalue weighted by atomic mass is 35.5. The van der Waals surface area contributed by atoms with E-state index in [4.69, 9.17) is 11.6 Å². The number of nitrogens with zero attached hydrogens (tertiary/aromatic N) is 2. The van der Waals surface area contributed by atoms with Crippen molar-refractivity contribution in [2.75, 3.05) is 20.1 Å². The summed E-state index contributed by atoms with van der Waals surface area (Å²) < 4.78 is 0. The molecule has 2 aromatic carbocycles. The third-order valence-corrected chi connectivity index (χ3v) is 6.13. The highest BCUT2D eigenvalue weighted by Crippen LogP contribution is 2.27. The topological polar surface area (TPSA) is 35.6 Å². The smallest absolute Gasteiger partial charge is 0.318 e. The molecule has 3 rings (SSSR count). The number of aryl methyl sites for hydroxylation is 1. The zero-order valence-electron chi connectivity index (χ0n) is 17.0. The van der Waals surface area contributed by atoms with E-state index >= 15 is 0 Å². The molecule has 0 bridgehead atoms. The molecular formula is C23H30ClN3O. The molecule has 0 aromatic heterocycles. The van der Waals surface area contributed by atoms with Crippen molar-refractivity contribution in [1.82, 2.24) is 15.1 Å². The molecule has 4 nitrogen and oxygen atoms in total. The molecule has 0 aliphatic carbocycles. The number of halogens is 1. The minimum absolute atomic E-state index is 0.0246. The lowest BCUT2D eigenvalue weighted by Crippen LogP contribution is -2.50. The third kappa shape index (κ3) is 5.06. The Morgan fingerprint density at radius 2 is 1.86 bits per heavy atom. The van der Waals surface area contributed by atoms with Gasteiger partial charge in [0.05, 0.1) is 6.04 Å². The van der Waals surface area contributed by atoms with Crippen molar-refractivity contribution in [3.05, 3.63) is 70.2 Å². The quantitative estimate of drug-likeness (QED) is 0.766. The molecule has 150 valence electrons. The molecule has 1 aliphatic heterocycles. The van der Waals surface area contributed by atoms with Crippen LogP contribution < -0.4 is 5.32 Å². The largest absolute Gasteiger partial charge is 0.331 e. The number of hydrogen-bond donors (Lipinski definition) is 1. The zero-order valence-corrected chi connectivity index (χ0v) is 17.7. The molecular weight excluding hydrogens is 370 g/mol. The average molecular weight is 400 g/mol. The van der Waals surface area contributed by atoms with Gasteiger partial charge >= 0.3 is 6.03 Å². The maximum atomic E-state index is 13.3. The van der Waals surface area contributed by atoms with Crippen molar-refractivity contribution in [2.24, 2.45) is 0 Å². The van der Waals surface area contributed by atoms with E-state index in [0.717, 1.165) is 47.6 Å². The van der Waals surface area contributed by atoms with Gasteiger partial charge in [0, 0.05) is 17.6 Å². The second-order valence-electron chi connectivity index (χ2n) is 7.80. The molecule has 1 aliphatic rings. The number of carbonyl (C=O) groups is 1. The fourth-order valence-corrected chi connectivity index (χ4v) is 4.09. The van der Waals surface area contributed by atoms with E-state index in [0.29, 0.717) is 6.54 Å². The number of nitrogens with one attached hydrogen (secondary N) is 1. The summed E-state index contributed by atoms with van der Waals surface area (Å²) in [4.78, 5) is 17.6. The molecule has 1 atom stereocenters. The fraction of sp³-hybridized carbons (Fsp3) is 0.435. The molecule has 1 saturated heterocycles. The monoisotopic (exact) mass is 399 g/mol. The zero-order chi connectivity index (χ0) is 20.1. The Labute approximate surface area is 173 Å². The molecule has 0 radical (unpaired) electrons. The lowest BCUT2D eigenvalue weighted by molar-refractivity contribution is 0.125. The van der Waals surface area contributed by atoms with Crippen LogP contribution in [0.5, 0.6) is 0 Å². The van der Waals surface area contributed by atoms with E-state index in [2.05, 4.69) is 29.4 Å². The molecule has 1 unspecified atom stereocenters. The first-order valence-corrected chi connectivity index (χ1v) is 10.4. The SMILES string of the molecule is Cc1cccc(C(C)NC(=O)N(Cc2ccccc2)C2CCN(C)CC2)c1Cl. The van der Waals surface area contributed by atoms with E-state index in [1.54, 1.807) is 0 Å². The molecule has 0 spiro atoms. The van der Waals surface area contributed by atoms with E-state index < -0.39 is 0 Å². The van der Waals surface area contributed by atoms with Crippen LogP contribution in [0, 0.1) is 6.92 Å². The van der Waals surface area contributed by atoms with E-state index in [9.17, 15) is 4.79 Å². The number of piperidine rings is 1. The van der Waals surface area contributed by atoms with Crippen LogP contribution in [-0.2, 0) is 6.54 Å². The van der Waals surface area contributed by atoms with Gasteiger partial charge in [0.2, 0.25) is 0 Å². The maximum Gasteiger partial charge on any atom is 0.318 e. The van der Waals surface area contributed by atoms with Crippen molar-refractivity contribution in [3.8, 4) is 0 Å². The Balaban J connectivity index is 1.76. The number of benzene rings is 2. The van der Waals surface area contributed by atoms with Crippen LogP contribution in [0.15, 0.2) is 48.5 Å². The van der Waals surface area contributed by atoms with Gasteiger partial charge in [-0.1, -0.05) is 60.1 Å². The molecule has 2 amide bonds. The number of rotatable bonds is 5.